The van der Waals surface area contributed by atoms with Crippen LogP contribution in [0.1, 0.15) is 0 Å². The number of thiazole rings is 1. The number of hydrogen-bond donors (Lipinski definition) is 2. The van der Waals surface area contributed by atoms with E-state index in [1.165, 1.54) is 22.8 Å². The minimum absolute atomic E-state index is 0.00996. The number of carboxylic acid groups (broad SMARTS) is 1. The van der Waals surface area contributed by atoms with Gasteiger partial charge in [-0.25, -0.2) is 9.78 Å². The molecule has 0 bridgehead atoms. The maximum atomic E-state index is 10.3. The molecule has 1 aromatic heterocycles. The molecule has 0 aliphatic heterocycles. The Balaban J connectivity index is 2.32. The highest BCUT2D eigenvalue weighted by atomic mass is 32.1. The van der Waals surface area contributed by atoms with E-state index in [1.54, 1.807) is 18.2 Å². The summed E-state index contributed by atoms with van der Waals surface area (Å²) in [6, 6.07) is 6.68. The number of phenolic OH excluding ortho intramolecular Hbond substituents is 1. The van der Waals surface area contributed by atoms with Crippen LogP contribution in [0.4, 0.5) is 4.79 Å². The zero-order valence-corrected chi connectivity index (χ0v) is 8.77. The van der Waals surface area contributed by atoms with Crippen LogP contribution in [0.5, 0.6) is 11.6 Å². The molecule has 0 aliphatic carbocycles. The number of carbonyl (C=O) groups is 1. The summed E-state index contributed by atoms with van der Waals surface area (Å²) in [6.45, 7) is 0. The van der Waals surface area contributed by atoms with Crippen LogP contribution in [0.15, 0.2) is 29.6 Å². The second-order valence-electron chi connectivity index (χ2n) is 2.88. The molecular weight excluding hydrogens is 230 g/mol. The molecule has 0 spiro atoms. The smallest absolute Gasteiger partial charge is 0.507 e. The molecule has 16 heavy (non-hydrogen) atoms. The van der Waals surface area contributed by atoms with E-state index in [-0.39, 0.29) is 11.6 Å². The molecule has 1 heterocycles. The third-order valence-corrected chi connectivity index (χ3v) is 2.66. The van der Waals surface area contributed by atoms with Crippen LogP contribution in [0.3, 0.4) is 0 Å². The van der Waals surface area contributed by atoms with Gasteiger partial charge in [-0.2, -0.15) is 0 Å². The summed E-state index contributed by atoms with van der Waals surface area (Å²) in [7, 11) is 0. The Morgan fingerprint density at radius 1 is 1.38 bits per heavy atom. The summed E-state index contributed by atoms with van der Waals surface area (Å²) < 4.78 is 4.39. The molecule has 5 nitrogen and oxygen atoms in total. The summed E-state index contributed by atoms with van der Waals surface area (Å²) >= 11 is 1.20. The lowest BCUT2D eigenvalue weighted by Gasteiger charge is -1.98. The second-order valence-corrected chi connectivity index (χ2v) is 3.73. The minimum Gasteiger partial charge on any atom is -0.507 e. The van der Waals surface area contributed by atoms with Crippen molar-refractivity contribution in [2.24, 2.45) is 0 Å². The van der Waals surface area contributed by atoms with E-state index in [4.69, 9.17) is 5.11 Å². The highest BCUT2D eigenvalue weighted by Crippen LogP contribution is 2.32. The lowest BCUT2D eigenvalue weighted by atomic mass is 10.2. The molecule has 0 saturated heterocycles. The van der Waals surface area contributed by atoms with Gasteiger partial charge in [-0.3, -0.25) is 0 Å². The average molecular weight is 237 g/mol. The van der Waals surface area contributed by atoms with Crippen molar-refractivity contribution in [2.45, 2.75) is 0 Å². The Kier molecular flexibility index (Phi) is 2.74. The summed E-state index contributed by atoms with van der Waals surface area (Å²) in [5, 5.41) is 19.9. The topological polar surface area (TPSA) is 79.7 Å². The lowest BCUT2D eigenvalue weighted by Crippen LogP contribution is -2.02. The van der Waals surface area contributed by atoms with Crippen molar-refractivity contribution < 1.29 is 19.7 Å². The normalized spacial score (nSPS) is 10.0. The van der Waals surface area contributed by atoms with Gasteiger partial charge in [0.15, 0.2) is 0 Å². The Bertz CT molecular complexity index is 523. The molecule has 0 amide bonds. The third kappa shape index (κ3) is 2.12. The maximum Gasteiger partial charge on any atom is 0.512 e. The van der Waals surface area contributed by atoms with Gasteiger partial charge in [0.2, 0.25) is 5.88 Å². The lowest BCUT2D eigenvalue weighted by molar-refractivity contribution is 0.143. The van der Waals surface area contributed by atoms with Crippen molar-refractivity contribution >= 4 is 17.5 Å². The number of ether oxygens (including phenoxy) is 1. The molecule has 2 N–H and O–H groups in total. The summed E-state index contributed by atoms with van der Waals surface area (Å²) in [4.78, 5) is 14.2. The van der Waals surface area contributed by atoms with Crippen molar-refractivity contribution in [3.63, 3.8) is 0 Å². The average Bonchev–Trinajstić information content (AvgIpc) is 2.66. The third-order valence-electron chi connectivity index (χ3n) is 1.81. The standard InChI is InChI=1S/C10H7NO4S/c12-7-4-2-1-3-6(7)9-11-8(5-16-9)15-10(13)14/h1-5,12H,(H,13,14). The Morgan fingerprint density at radius 2 is 2.12 bits per heavy atom. The van der Waals surface area contributed by atoms with Gasteiger partial charge in [0.05, 0.1) is 10.9 Å². The number of aromatic hydroxyl groups is 1. The molecule has 0 aliphatic rings. The first-order valence-electron chi connectivity index (χ1n) is 4.31. The summed E-state index contributed by atoms with van der Waals surface area (Å²) in [6.07, 6.45) is -1.41. The number of para-hydroxylation sites is 1. The fourth-order valence-electron chi connectivity index (χ4n) is 1.17. The first kappa shape index (κ1) is 10.4. The Morgan fingerprint density at radius 3 is 2.81 bits per heavy atom. The largest absolute Gasteiger partial charge is 0.512 e. The van der Waals surface area contributed by atoms with E-state index < -0.39 is 6.16 Å². The molecule has 1 aromatic carbocycles. The van der Waals surface area contributed by atoms with E-state index in [0.717, 1.165) is 0 Å². The monoisotopic (exact) mass is 237 g/mol. The SMILES string of the molecule is O=C(O)Oc1csc(-c2ccccc2O)n1. The Labute approximate surface area is 94.6 Å². The van der Waals surface area contributed by atoms with Gasteiger partial charge in [-0.1, -0.05) is 12.1 Å². The molecule has 0 saturated carbocycles. The van der Waals surface area contributed by atoms with Gasteiger partial charge >= 0.3 is 6.16 Å². The van der Waals surface area contributed by atoms with Crippen molar-refractivity contribution in [2.75, 3.05) is 0 Å². The predicted molar refractivity (Wildman–Crippen MR) is 57.9 cm³/mol. The number of rotatable bonds is 2. The number of benzene rings is 1. The fraction of sp³-hybridized carbons (Fsp3) is 0. The van der Waals surface area contributed by atoms with Crippen molar-refractivity contribution in [3.8, 4) is 22.2 Å². The quantitative estimate of drug-likeness (QED) is 0.784. The van der Waals surface area contributed by atoms with E-state index in [0.29, 0.717) is 10.6 Å². The van der Waals surface area contributed by atoms with Crippen molar-refractivity contribution in [1.82, 2.24) is 4.98 Å². The zero-order chi connectivity index (χ0) is 11.5. The second kappa shape index (κ2) is 4.19. The van der Waals surface area contributed by atoms with Gasteiger partial charge in [-0.15, -0.1) is 11.3 Å². The molecule has 0 unspecified atom stereocenters. The number of nitrogens with zero attached hydrogens (tertiary/aromatic N) is 1. The number of hydrogen-bond acceptors (Lipinski definition) is 5. The highest BCUT2D eigenvalue weighted by molar-refractivity contribution is 7.13. The molecule has 2 rings (SSSR count). The van der Waals surface area contributed by atoms with Crippen molar-refractivity contribution in [3.05, 3.63) is 29.6 Å². The Hall–Kier alpha value is -2.08. The molecule has 0 radical (unpaired) electrons. The molecule has 0 atom stereocenters. The van der Waals surface area contributed by atoms with E-state index in [2.05, 4.69) is 9.72 Å². The first-order valence-corrected chi connectivity index (χ1v) is 5.19. The minimum atomic E-state index is -1.41. The summed E-state index contributed by atoms with van der Waals surface area (Å²) in [5.41, 5.74) is 0.549. The van der Waals surface area contributed by atoms with Crippen LogP contribution in [-0.2, 0) is 0 Å². The van der Waals surface area contributed by atoms with E-state index in [1.807, 2.05) is 0 Å². The van der Waals surface area contributed by atoms with Gasteiger partial charge in [0.1, 0.15) is 10.8 Å². The maximum absolute atomic E-state index is 10.3. The van der Waals surface area contributed by atoms with Crippen LogP contribution in [0, 0.1) is 0 Å². The van der Waals surface area contributed by atoms with Crippen LogP contribution < -0.4 is 4.74 Å². The van der Waals surface area contributed by atoms with Gasteiger partial charge in [0.25, 0.3) is 0 Å². The molecule has 6 heteroatoms. The summed E-state index contributed by atoms with van der Waals surface area (Å²) in [5.74, 6) is 0.106. The van der Waals surface area contributed by atoms with E-state index in [9.17, 15) is 9.90 Å². The van der Waals surface area contributed by atoms with Crippen LogP contribution in [0.25, 0.3) is 10.6 Å². The fourth-order valence-corrected chi connectivity index (χ4v) is 1.93. The molecule has 2 aromatic rings. The highest BCUT2D eigenvalue weighted by Gasteiger charge is 2.10. The number of aromatic nitrogens is 1. The molecular formula is C10H7NO4S. The molecule has 82 valence electrons. The van der Waals surface area contributed by atoms with Crippen LogP contribution in [-0.4, -0.2) is 21.4 Å². The van der Waals surface area contributed by atoms with Gasteiger partial charge in [-0.05, 0) is 12.1 Å². The number of phenols is 1. The van der Waals surface area contributed by atoms with E-state index >= 15 is 0 Å². The first-order chi connectivity index (χ1) is 7.66. The van der Waals surface area contributed by atoms with Crippen LogP contribution >= 0.6 is 11.3 Å². The van der Waals surface area contributed by atoms with Gasteiger partial charge in [0, 0.05) is 0 Å². The van der Waals surface area contributed by atoms with Gasteiger partial charge < -0.3 is 14.9 Å². The molecule has 0 fully saturated rings. The zero-order valence-electron chi connectivity index (χ0n) is 7.95. The van der Waals surface area contributed by atoms with Crippen LogP contribution in [0.2, 0.25) is 0 Å². The predicted octanol–water partition coefficient (Wildman–Crippen LogP) is 2.57. The van der Waals surface area contributed by atoms with Crippen molar-refractivity contribution in [1.29, 1.82) is 0 Å².